The fraction of sp³-hybridized carbons (Fsp3) is 0.357. The van der Waals surface area contributed by atoms with Crippen LogP contribution in [-0.2, 0) is 4.74 Å². The van der Waals surface area contributed by atoms with Gasteiger partial charge in [0.15, 0.2) is 5.82 Å². The summed E-state index contributed by atoms with van der Waals surface area (Å²) < 4.78 is 5.20. The van der Waals surface area contributed by atoms with E-state index in [9.17, 15) is 5.11 Å². The van der Waals surface area contributed by atoms with Crippen LogP contribution in [0.25, 0.3) is 11.3 Å². The molecule has 2 aromatic rings. The van der Waals surface area contributed by atoms with Crippen LogP contribution >= 0.6 is 23.2 Å². The van der Waals surface area contributed by atoms with E-state index in [1.54, 1.807) is 25.1 Å². The van der Waals surface area contributed by atoms with E-state index in [2.05, 4.69) is 20.5 Å². The van der Waals surface area contributed by atoms with E-state index >= 15 is 0 Å². The Morgan fingerprint density at radius 2 is 2.09 bits per heavy atom. The van der Waals surface area contributed by atoms with Crippen LogP contribution < -0.4 is 11.1 Å². The first kappa shape index (κ1) is 17.7. The summed E-state index contributed by atoms with van der Waals surface area (Å²) in [4.78, 5) is 4.15. The molecule has 2 unspecified atom stereocenters. The number of nitrogens with zero attached hydrogens (tertiary/aromatic N) is 3. The molecule has 0 aliphatic carbocycles. The number of aromatic nitrogens is 3. The smallest absolute Gasteiger partial charge is 0.246 e. The average Bonchev–Trinajstić information content (AvgIpc) is 2.49. The van der Waals surface area contributed by atoms with Crippen molar-refractivity contribution >= 4 is 35.0 Å². The number of methoxy groups -OCH3 is 1. The second-order valence-corrected chi connectivity index (χ2v) is 5.71. The second-order valence-electron chi connectivity index (χ2n) is 4.92. The molecule has 0 amide bonds. The summed E-state index contributed by atoms with van der Waals surface area (Å²) in [7, 11) is 1.51. The quantitative estimate of drug-likeness (QED) is 0.682. The highest BCUT2D eigenvalue weighted by atomic mass is 35.5. The number of halogens is 2. The number of benzene rings is 1. The first-order chi connectivity index (χ1) is 10.9. The van der Waals surface area contributed by atoms with E-state index < -0.39 is 12.3 Å². The monoisotopic (exact) mass is 357 g/mol. The molecule has 124 valence electrons. The Morgan fingerprint density at radius 3 is 2.70 bits per heavy atom. The van der Waals surface area contributed by atoms with Crippen molar-refractivity contribution in [2.24, 2.45) is 0 Å². The predicted molar refractivity (Wildman–Crippen MR) is 90.4 cm³/mol. The SMILES string of the molecule is COC(CC(C)O)Nc1nnc(-c2cccc(Cl)c2Cl)c(N)n1. The molecule has 2 atom stereocenters. The number of hydrogen-bond donors (Lipinski definition) is 3. The van der Waals surface area contributed by atoms with Crippen LogP contribution in [0.4, 0.5) is 11.8 Å². The van der Waals surface area contributed by atoms with Gasteiger partial charge in [-0.25, -0.2) is 0 Å². The van der Waals surface area contributed by atoms with Gasteiger partial charge in [0.25, 0.3) is 0 Å². The number of aliphatic hydroxyl groups is 1. The van der Waals surface area contributed by atoms with Crippen molar-refractivity contribution in [3.05, 3.63) is 28.2 Å². The van der Waals surface area contributed by atoms with Crippen molar-refractivity contribution in [1.29, 1.82) is 0 Å². The fourth-order valence-electron chi connectivity index (χ4n) is 1.95. The van der Waals surface area contributed by atoms with Crippen molar-refractivity contribution in [3.63, 3.8) is 0 Å². The van der Waals surface area contributed by atoms with Gasteiger partial charge in [-0.3, -0.25) is 0 Å². The maximum Gasteiger partial charge on any atom is 0.246 e. The van der Waals surface area contributed by atoms with Crippen LogP contribution in [-0.4, -0.2) is 39.7 Å². The molecule has 0 radical (unpaired) electrons. The van der Waals surface area contributed by atoms with E-state index in [1.165, 1.54) is 7.11 Å². The number of aliphatic hydroxyl groups excluding tert-OH is 1. The highest BCUT2D eigenvalue weighted by molar-refractivity contribution is 6.43. The van der Waals surface area contributed by atoms with Gasteiger partial charge in [-0.05, 0) is 13.0 Å². The van der Waals surface area contributed by atoms with Crippen molar-refractivity contribution in [2.75, 3.05) is 18.2 Å². The molecule has 0 spiro atoms. The Bertz CT molecular complexity index is 684. The third kappa shape index (κ3) is 4.42. The lowest BCUT2D eigenvalue weighted by atomic mass is 10.1. The molecule has 0 fully saturated rings. The van der Waals surface area contributed by atoms with Crippen molar-refractivity contribution in [3.8, 4) is 11.3 Å². The molecular weight excluding hydrogens is 341 g/mol. The fourth-order valence-corrected chi connectivity index (χ4v) is 2.34. The maximum absolute atomic E-state index is 9.41. The first-order valence-electron chi connectivity index (χ1n) is 6.84. The van der Waals surface area contributed by atoms with E-state index in [-0.39, 0.29) is 11.8 Å². The molecule has 0 saturated carbocycles. The van der Waals surface area contributed by atoms with Gasteiger partial charge in [-0.2, -0.15) is 4.98 Å². The first-order valence-corrected chi connectivity index (χ1v) is 7.60. The standard InChI is InChI=1S/C14H17Cl2N5O2/c1-7(22)6-10(23-2)18-14-19-13(17)12(20-21-14)8-4-3-5-9(15)11(8)16/h3-5,7,10,22H,6H2,1-2H3,(H3,17,18,19,21). The van der Waals surface area contributed by atoms with Crippen molar-refractivity contribution in [2.45, 2.75) is 25.7 Å². The Kier molecular flexibility index (Phi) is 5.95. The zero-order chi connectivity index (χ0) is 17.0. The summed E-state index contributed by atoms with van der Waals surface area (Å²) in [5, 5.41) is 21.1. The number of nitrogen functional groups attached to an aromatic ring is 1. The lowest BCUT2D eigenvalue weighted by Crippen LogP contribution is -2.27. The number of anilines is 2. The summed E-state index contributed by atoms with van der Waals surface area (Å²) >= 11 is 12.1. The van der Waals surface area contributed by atoms with Crippen molar-refractivity contribution in [1.82, 2.24) is 15.2 Å². The number of nitrogens with two attached hydrogens (primary N) is 1. The lowest BCUT2D eigenvalue weighted by molar-refractivity contribution is 0.0683. The summed E-state index contributed by atoms with van der Waals surface area (Å²) in [6.07, 6.45) is -0.638. The largest absolute Gasteiger partial charge is 0.393 e. The highest BCUT2D eigenvalue weighted by Crippen LogP contribution is 2.34. The van der Waals surface area contributed by atoms with E-state index in [1.807, 2.05) is 0 Å². The maximum atomic E-state index is 9.41. The molecule has 0 bridgehead atoms. The van der Waals surface area contributed by atoms with Gasteiger partial charge in [0.1, 0.15) is 11.9 Å². The molecule has 2 rings (SSSR count). The van der Waals surface area contributed by atoms with E-state index in [4.69, 9.17) is 33.7 Å². The summed E-state index contributed by atoms with van der Waals surface area (Å²) in [6, 6.07) is 5.13. The van der Waals surface area contributed by atoms with Crippen LogP contribution in [0.1, 0.15) is 13.3 Å². The Hall–Kier alpha value is -1.67. The highest BCUT2D eigenvalue weighted by Gasteiger charge is 2.16. The zero-order valence-electron chi connectivity index (χ0n) is 12.6. The van der Waals surface area contributed by atoms with Crippen LogP contribution in [0.2, 0.25) is 10.0 Å². The molecule has 1 aromatic carbocycles. The van der Waals surface area contributed by atoms with Gasteiger partial charge in [0, 0.05) is 19.1 Å². The third-order valence-corrected chi connectivity index (χ3v) is 3.87. The minimum Gasteiger partial charge on any atom is -0.393 e. The molecular formula is C14H17Cl2N5O2. The minimum atomic E-state index is -0.540. The molecule has 7 nitrogen and oxygen atoms in total. The van der Waals surface area contributed by atoms with Crippen LogP contribution in [0.5, 0.6) is 0 Å². The minimum absolute atomic E-state index is 0.151. The normalized spacial score (nSPS) is 13.6. The molecule has 9 heteroatoms. The Morgan fingerprint density at radius 1 is 1.35 bits per heavy atom. The second kappa shape index (κ2) is 7.74. The predicted octanol–water partition coefficient (Wildman–Crippen LogP) is 2.58. The molecule has 0 aliphatic rings. The van der Waals surface area contributed by atoms with Crippen LogP contribution in [0.15, 0.2) is 18.2 Å². The molecule has 1 aromatic heterocycles. The van der Waals surface area contributed by atoms with Gasteiger partial charge in [-0.15, -0.1) is 10.2 Å². The van der Waals surface area contributed by atoms with E-state index in [0.717, 1.165) is 0 Å². The lowest BCUT2D eigenvalue weighted by Gasteiger charge is -2.18. The third-order valence-electron chi connectivity index (χ3n) is 3.05. The molecule has 23 heavy (non-hydrogen) atoms. The molecule has 0 aliphatic heterocycles. The van der Waals surface area contributed by atoms with Gasteiger partial charge in [0.2, 0.25) is 5.95 Å². The number of hydrogen-bond acceptors (Lipinski definition) is 7. The zero-order valence-corrected chi connectivity index (χ0v) is 14.1. The number of nitrogens with one attached hydrogen (secondary N) is 1. The molecule has 4 N–H and O–H groups in total. The summed E-state index contributed by atoms with van der Waals surface area (Å²) in [6.45, 7) is 1.66. The Balaban J connectivity index is 2.26. The van der Waals surface area contributed by atoms with Crippen LogP contribution in [0, 0.1) is 0 Å². The van der Waals surface area contributed by atoms with Gasteiger partial charge >= 0.3 is 0 Å². The molecule has 1 heterocycles. The van der Waals surface area contributed by atoms with Crippen molar-refractivity contribution < 1.29 is 9.84 Å². The van der Waals surface area contributed by atoms with Crippen LogP contribution in [0.3, 0.4) is 0 Å². The molecule has 0 saturated heterocycles. The summed E-state index contributed by atoms with van der Waals surface area (Å²) in [5.74, 6) is 0.343. The summed E-state index contributed by atoms with van der Waals surface area (Å²) in [5.41, 5.74) is 6.84. The van der Waals surface area contributed by atoms with Gasteiger partial charge < -0.3 is 20.9 Å². The van der Waals surface area contributed by atoms with E-state index in [0.29, 0.717) is 27.7 Å². The number of ether oxygens (including phenoxy) is 1. The Labute approximate surface area is 143 Å². The van der Waals surface area contributed by atoms with Gasteiger partial charge in [-0.1, -0.05) is 35.3 Å². The average molecular weight is 358 g/mol. The number of rotatable bonds is 6. The van der Waals surface area contributed by atoms with Gasteiger partial charge in [0.05, 0.1) is 16.1 Å². The topological polar surface area (TPSA) is 106 Å².